The van der Waals surface area contributed by atoms with E-state index in [0.29, 0.717) is 17.7 Å². The molecular formula is C23H22BrFN2O3S. The summed E-state index contributed by atoms with van der Waals surface area (Å²) in [4.78, 5) is 14.8. The minimum Gasteiger partial charge on any atom is -0.308 e. The predicted molar refractivity (Wildman–Crippen MR) is 123 cm³/mol. The zero-order valence-electron chi connectivity index (χ0n) is 16.9. The summed E-state index contributed by atoms with van der Waals surface area (Å²) in [7, 11) is -3.65. The van der Waals surface area contributed by atoms with Crippen LogP contribution in [0.5, 0.6) is 0 Å². The van der Waals surface area contributed by atoms with Gasteiger partial charge < -0.3 is 4.90 Å². The van der Waals surface area contributed by atoms with E-state index in [2.05, 4.69) is 20.7 Å². The first kappa shape index (κ1) is 23.1. The Labute approximate surface area is 190 Å². The first-order chi connectivity index (χ1) is 14.8. The summed E-state index contributed by atoms with van der Waals surface area (Å²) in [5.41, 5.74) is 2.08. The van der Waals surface area contributed by atoms with Crippen molar-refractivity contribution in [2.45, 2.75) is 18.2 Å². The van der Waals surface area contributed by atoms with E-state index in [1.807, 2.05) is 19.1 Å². The lowest BCUT2D eigenvalue weighted by Gasteiger charge is -2.23. The van der Waals surface area contributed by atoms with Crippen molar-refractivity contribution in [1.82, 2.24) is 4.72 Å². The SMILES string of the molecule is Cc1ccc(C(=O)N(CCCNS(=O)(=O)c2ccc(Br)cc2)c2ccc(F)cc2)cc1. The summed E-state index contributed by atoms with van der Waals surface area (Å²) in [6.07, 6.45) is 0.380. The highest BCUT2D eigenvalue weighted by Crippen LogP contribution is 2.19. The van der Waals surface area contributed by atoms with Gasteiger partial charge in [-0.05, 0) is 74.0 Å². The molecule has 1 amide bonds. The van der Waals surface area contributed by atoms with E-state index < -0.39 is 15.8 Å². The van der Waals surface area contributed by atoms with Crippen molar-refractivity contribution in [2.75, 3.05) is 18.0 Å². The van der Waals surface area contributed by atoms with Crippen LogP contribution >= 0.6 is 15.9 Å². The van der Waals surface area contributed by atoms with Crippen LogP contribution in [0.15, 0.2) is 82.2 Å². The molecule has 31 heavy (non-hydrogen) atoms. The fourth-order valence-corrected chi connectivity index (χ4v) is 4.30. The summed E-state index contributed by atoms with van der Waals surface area (Å²) >= 11 is 3.28. The van der Waals surface area contributed by atoms with Gasteiger partial charge in [0.05, 0.1) is 4.90 Å². The Hall–Kier alpha value is -2.55. The fraction of sp³-hybridized carbons (Fsp3) is 0.174. The number of sulfonamides is 1. The summed E-state index contributed by atoms with van der Waals surface area (Å²) in [6, 6.07) is 19.2. The molecule has 0 aromatic heterocycles. The third kappa shape index (κ3) is 6.22. The van der Waals surface area contributed by atoms with Crippen molar-refractivity contribution in [3.8, 4) is 0 Å². The zero-order chi connectivity index (χ0) is 22.4. The normalized spacial score (nSPS) is 11.3. The lowest BCUT2D eigenvalue weighted by Crippen LogP contribution is -2.34. The zero-order valence-corrected chi connectivity index (χ0v) is 19.3. The minimum absolute atomic E-state index is 0.150. The lowest BCUT2D eigenvalue weighted by molar-refractivity contribution is 0.0986. The number of halogens is 2. The Morgan fingerprint density at radius 2 is 1.58 bits per heavy atom. The van der Waals surface area contributed by atoms with Crippen molar-refractivity contribution >= 4 is 37.5 Å². The van der Waals surface area contributed by atoms with Crippen LogP contribution in [-0.4, -0.2) is 27.4 Å². The monoisotopic (exact) mass is 504 g/mol. The van der Waals surface area contributed by atoms with Gasteiger partial charge in [0.2, 0.25) is 10.0 Å². The maximum absolute atomic E-state index is 13.4. The number of anilines is 1. The van der Waals surface area contributed by atoms with E-state index >= 15 is 0 Å². The number of carbonyl (C=O) groups is 1. The molecule has 0 spiro atoms. The van der Waals surface area contributed by atoms with Crippen LogP contribution in [0.1, 0.15) is 22.3 Å². The lowest BCUT2D eigenvalue weighted by atomic mass is 10.1. The highest BCUT2D eigenvalue weighted by atomic mass is 79.9. The average molecular weight is 505 g/mol. The molecule has 0 aliphatic heterocycles. The molecule has 5 nitrogen and oxygen atoms in total. The molecule has 0 aliphatic carbocycles. The van der Waals surface area contributed by atoms with Gasteiger partial charge >= 0.3 is 0 Å². The highest BCUT2D eigenvalue weighted by molar-refractivity contribution is 9.10. The quantitative estimate of drug-likeness (QED) is 0.443. The first-order valence-corrected chi connectivity index (χ1v) is 11.9. The van der Waals surface area contributed by atoms with Gasteiger partial charge in [0.15, 0.2) is 0 Å². The molecule has 8 heteroatoms. The number of rotatable bonds is 8. The Balaban J connectivity index is 1.70. The molecule has 3 aromatic rings. The van der Waals surface area contributed by atoms with Crippen molar-refractivity contribution in [2.24, 2.45) is 0 Å². The van der Waals surface area contributed by atoms with Crippen LogP contribution in [0, 0.1) is 12.7 Å². The van der Waals surface area contributed by atoms with Gasteiger partial charge in [-0.2, -0.15) is 0 Å². The van der Waals surface area contributed by atoms with Crippen LogP contribution in [0.4, 0.5) is 10.1 Å². The number of benzene rings is 3. The van der Waals surface area contributed by atoms with Crippen molar-refractivity contribution < 1.29 is 17.6 Å². The average Bonchev–Trinajstić information content (AvgIpc) is 2.75. The Morgan fingerprint density at radius 3 is 2.19 bits per heavy atom. The van der Waals surface area contributed by atoms with Gasteiger partial charge in [-0.1, -0.05) is 33.6 Å². The van der Waals surface area contributed by atoms with E-state index in [0.717, 1.165) is 10.0 Å². The molecule has 0 saturated carbocycles. The summed E-state index contributed by atoms with van der Waals surface area (Å²) < 4.78 is 41.6. The van der Waals surface area contributed by atoms with Crippen LogP contribution in [0.25, 0.3) is 0 Å². The maximum Gasteiger partial charge on any atom is 0.258 e. The Kier molecular flexibility index (Phi) is 7.59. The number of nitrogens with zero attached hydrogens (tertiary/aromatic N) is 1. The summed E-state index contributed by atoms with van der Waals surface area (Å²) in [5.74, 6) is -0.629. The van der Waals surface area contributed by atoms with Crippen LogP contribution in [0.3, 0.4) is 0 Å². The summed E-state index contributed by atoms with van der Waals surface area (Å²) in [6.45, 7) is 2.35. The van der Waals surface area contributed by atoms with Crippen LogP contribution in [0.2, 0.25) is 0 Å². The van der Waals surface area contributed by atoms with E-state index in [1.54, 1.807) is 24.3 Å². The molecule has 3 rings (SSSR count). The smallest absolute Gasteiger partial charge is 0.258 e. The first-order valence-electron chi connectivity index (χ1n) is 9.65. The highest BCUT2D eigenvalue weighted by Gasteiger charge is 2.19. The fourth-order valence-electron chi connectivity index (χ4n) is 2.96. The van der Waals surface area contributed by atoms with E-state index in [-0.39, 0.29) is 23.9 Å². The van der Waals surface area contributed by atoms with Gasteiger partial charge in [-0.15, -0.1) is 0 Å². The molecule has 0 heterocycles. The van der Waals surface area contributed by atoms with Crippen LogP contribution in [-0.2, 0) is 10.0 Å². The molecule has 0 bridgehead atoms. The maximum atomic E-state index is 13.4. The standard InChI is InChI=1S/C23H22BrFN2O3S/c1-17-3-5-18(6-4-17)23(28)27(21-11-9-20(25)10-12-21)16-2-15-26-31(29,30)22-13-7-19(24)8-14-22/h3-14,26H,2,15-16H2,1H3. The molecular weight excluding hydrogens is 483 g/mol. The van der Waals surface area contributed by atoms with Crippen molar-refractivity contribution in [3.05, 3.63) is 94.2 Å². The third-order valence-electron chi connectivity index (χ3n) is 4.66. The second-order valence-electron chi connectivity index (χ2n) is 7.00. The topological polar surface area (TPSA) is 66.5 Å². The molecule has 0 saturated heterocycles. The summed E-state index contributed by atoms with van der Waals surface area (Å²) in [5, 5.41) is 0. The number of carbonyl (C=O) groups excluding carboxylic acids is 1. The molecule has 0 atom stereocenters. The number of hydrogen-bond acceptors (Lipinski definition) is 3. The van der Waals surface area contributed by atoms with Crippen molar-refractivity contribution in [1.29, 1.82) is 0 Å². The Morgan fingerprint density at radius 1 is 0.968 bits per heavy atom. The second-order valence-corrected chi connectivity index (χ2v) is 9.69. The van der Waals surface area contributed by atoms with Crippen LogP contribution < -0.4 is 9.62 Å². The van der Waals surface area contributed by atoms with Gasteiger partial charge in [-0.3, -0.25) is 4.79 Å². The number of hydrogen-bond donors (Lipinski definition) is 1. The minimum atomic E-state index is -3.65. The van der Waals surface area contributed by atoms with Crippen molar-refractivity contribution in [3.63, 3.8) is 0 Å². The van der Waals surface area contributed by atoms with E-state index in [9.17, 15) is 17.6 Å². The van der Waals surface area contributed by atoms with Gasteiger partial charge in [0, 0.05) is 28.8 Å². The molecule has 0 unspecified atom stereocenters. The third-order valence-corrected chi connectivity index (χ3v) is 6.66. The van der Waals surface area contributed by atoms with E-state index in [1.165, 1.54) is 41.3 Å². The molecule has 162 valence electrons. The van der Waals surface area contributed by atoms with E-state index in [4.69, 9.17) is 0 Å². The Bertz CT molecular complexity index is 1130. The molecule has 0 fully saturated rings. The molecule has 1 N–H and O–H groups in total. The second kappa shape index (κ2) is 10.2. The number of aryl methyl sites for hydroxylation is 1. The van der Waals surface area contributed by atoms with Gasteiger partial charge in [0.1, 0.15) is 5.82 Å². The van der Waals surface area contributed by atoms with Gasteiger partial charge in [-0.25, -0.2) is 17.5 Å². The number of nitrogens with one attached hydrogen (secondary N) is 1. The largest absolute Gasteiger partial charge is 0.308 e. The molecule has 0 aliphatic rings. The molecule has 0 radical (unpaired) electrons. The predicted octanol–water partition coefficient (Wildman–Crippen LogP) is 4.91. The molecule has 3 aromatic carbocycles. The number of amides is 1. The van der Waals surface area contributed by atoms with Gasteiger partial charge in [0.25, 0.3) is 5.91 Å².